The molecule has 0 spiro atoms. The summed E-state index contributed by atoms with van der Waals surface area (Å²) in [5.41, 5.74) is 1.08. The lowest BCUT2D eigenvalue weighted by atomic mass is 10.3. The van der Waals surface area contributed by atoms with Gasteiger partial charge in [0.15, 0.2) is 0 Å². The topological polar surface area (TPSA) is 50.3 Å². The minimum absolute atomic E-state index is 0.570. The van der Waals surface area contributed by atoms with E-state index >= 15 is 0 Å². The molecule has 1 aliphatic heterocycles. The molecule has 1 aromatic rings. The number of piperazine rings is 1. The summed E-state index contributed by atoms with van der Waals surface area (Å²) >= 11 is 0. The largest absolute Gasteiger partial charge is 0.480 e. The zero-order chi connectivity index (χ0) is 9.80. The van der Waals surface area contributed by atoms with Gasteiger partial charge in [-0.1, -0.05) is 0 Å². The summed E-state index contributed by atoms with van der Waals surface area (Å²) in [6, 6.07) is 1.92. The van der Waals surface area contributed by atoms with Gasteiger partial charge in [0.2, 0.25) is 5.88 Å². The molecule has 0 unspecified atom stereocenters. The fraction of sp³-hybridized carbons (Fsp3) is 0.556. The lowest BCUT2D eigenvalue weighted by Crippen LogP contribution is -2.43. The standard InChI is InChI=1S/C9H14N4O/c1-14-9-6-8(7-11-12-9)13-4-2-10-3-5-13/h6-7,10H,2-5H2,1H3. The van der Waals surface area contributed by atoms with E-state index in [2.05, 4.69) is 20.4 Å². The molecule has 5 nitrogen and oxygen atoms in total. The highest BCUT2D eigenvalue weighted by atomic mass is 16.5. The fourth-order valence-electron chi connectivity index (χ4n) is 1.53. The summed E-state index contributed by atoms with van der Waals surface area (Å²) in [5.74, 6) is 0.570. The van der Waals surface area contributed by atoms with Gasteiger partial charge in [0.25, 0.3) is 0 Å². The molecule has 0 aromatic carbocycles. The van der Waals surface area contributed by atoms with Crippen molar-refractivity contribution in [3.63, 3.8) is 0 Å². The van der Waals surface area contributed by atoms with Crippen molar-refractivity contribution in [2.45, 2.75) is 0 Å². The summed E-state index contributed by atoms with van der Waals surface area (Å²) in [6.45, 7) is 4.05. The molecule has 14 heavy (non-hydrogen) atoms. The summed E-state index contributed by atoms with van der Waals surface area (Å²) in [5, 5.41) is 11.0. The molecule has 1 fully saturated rings. The number of ether oxygens (including phenoxy) is 1. The zero-order valence-corrected chi connectivity index (χ0v) is 8.23. The number of aromatic nitrogens is 2. The van der Waals surface area contributed by atoms with Crippen LogP contribution in [0.15, 0.2) is 12.3 Å². The van der Waals surface area contributed by atoms with E-state index in [4.69, 9.17) is 4.74 Å². The number of rotatable bonds is 2. The predicted molar refractivity (Wildman–Crippen MR) is 53.7 cm³/mol. The fourth-order valence-corrected chi connectivity index (χ4v) is 1.53. The van der Waals surface area contributed by atoms with Crippen LogP contribution in [0.3, 0.4) is 0 Å². The van der Waals surface area contributed by atoms with Crippen molar-refractivity contribution in [1.82, 2.24) is 15.5 Å². The number of hydrogen-bond donors (Lipinski definition) is 1. The van der Waals surface area contributed by atoms with Crippen LogP contribution in [0.4, 0.5) is 5.69 Å². The van der Waals surface area contributed by atoms with Gasteiger partial charge >= 0.3 is 0 Å². The molecule has 0 amide bonds. The van der Waals surface area contributed by atoms with Crippen molar-refractivity contribution in [1.29, 1.82) is 0 Å². The first-order chi connectivity index (χ1) is 6.90. The summed E-state index contributed by atoms with van der Waals surface area (Å²) in [7, 11) is 1.60. The van der Waals surface area contributed by atoms with Crippen LogP contribution in [0.5, 0.6) is 5.88 Å². The first-order valence-corrected chi connectivity index (χ1v) is 4.72. The predicted octanol–water partition coefficient (Wildman–Crippen LogP) is -0.105. The molecular formula is C9H14N4O. The highest BCUT2D eigenvalue weighted by molar-refractivity contribution is 5.46. The Morgan fingerprint density at radius 2 is 2.21 bits per heavy atom. The second kappa shape index (κ2) is 4.23. The molecule has 0 atom stereocenters. The maximum atomic E-state index is 5.03. The molecule has 0 radical (unpaired) electrons. The Balaban J connectivity index is 2.13. The number of anilines is 1. The molecular weight excluding hydrogens is 180 g/mol. The normalized spacial score (nSPS) is 16.8. The highest BCUT2D eigenvalue weighted by Gasteiger charge is 2.11. The van der Waals surface area contributed by atoms with Crippen LogP contribution in [0.25, 0.3) is 0 Å². The van der Waals surface area contributed by atoms with Crippen molar-refractivity contribution >= 4 is 5.69 Å². The van der Waals surface area contributed by atoms with E-state index < -0.39 is 0 Å². The minimum atomic E-state index is 0.570. The monoisotopic (exact) mass is 194 g/mol. The van der Waals surface area contributed by atoms with Gasteiger partial charge in [0.1, 0.15) is 0 Å². The van der Waals surface area contributed by atoms with Gasteiger partial charge in [0, 0.05) is 32.2 Å². The van der Waals surface area contributed by atoms with Crippen molar-refractivity contribution in [2.24, 2.45) is 0 Å². The Kier molecular flexibility index (Phi) is 2.78. The zero-order valence-electron chi connectivity index (χ0n) is 8.23. The van der Waals surface area contributed by atoms with Gasteiger partial charge in [-0.25, -0.2) is 0 Å². The molecule has 1 aromatic heterocycles. The average Bonchev–Trinajstić information content (AvgIpc) is 2.30. The molecule has 0 aliphatic carbocycles. The molecule has 1 saturated heterocycles. The maximum absolute atomic E-state index is 5.03. The van der Waals surface area contributed by atoms with E-state index in [1.807, 2.05) is 6.07 Å². The molecule has 1 aliphatic rings. The lowest BCUT2D eigenvalue weighted by molar-refractivity contribution is 0.391. The third-order valence-electron chi connectivity index (χ3n) is 2.31. The Bertz CT molecular complexity index is 299. The quantitative estimate of drug-likeness (QED) is 0.712. The highest BCUT2D eigenvalue weighted by Crippen LogP contribution is 2.16. The van der Waals surface area contributed by atoms with Crippen LogP contribution in [-0.4, -0.2) is 43.5 Å². The van der Waals surface area contributed by atoms with Gasteiger partial charge in [0.05, 0.1) is 19.0 Å². The Morgan fingerprint density at radius 1 is 1.43 bits per heavy atom. The van der Waals surface area contributed by atoms with E-state index in [0.29, 0.717) is 5.88 Å². The number of methoxy groups -OCH3 is 1. The van der Waals surface area contributed by atoms with E-state index in [1.165, 1.54) is 0 Å². The Hall–Kier alpha value is -1.36. The number of nitrogens with one attached hydrogen (secondary N) is 1. The van der Waals surface area contributed by atoms with Crippen molar-refractivity contribution in [2.75, 3.05) is 38.2 Å². The van der Waals surface area contributed by atoms with Gasteiger partial charge in [-0.3, -0.25) is 0 Å². The molecule has 0 saturated carbocycles. The third kappa shape index (κ3) is 1.93. The van der Waals surface area contributed by atoms with Crippen molar-refractivity contribution in [3.05, 3.63) is 12.3 Å². The molecule has 0 bridgehead atoms. The first kappa shape index (κ1) is 9.21. The van der Waals surface area contributed by atoms with Crippen LogP contribution in [0.2, 0.25) is 0 Å². The SMILES string of the molecule is COc1cc(N2CCNCC2)cnn1. The van der Waals surface area contributed by atoms with Crippen LogP contribution in [-0.2, 0) is 0 Å². The summed E-state index contributed by atoms with van der Waals surface area (Å²) in [4.78, 5) is 2.27. The molecule has 2 rings (SSSR count). The maximum Gasteiger partial charge on any atom is 0.235 e. The Labute approximate surface area is 83.1 Å². The third-order valence-corrected chi connectivity index (χ3v) is 2.31. The van der Waals surface area contributed by atoms with Gasteiger partial charge in [-0.05, 0) is 0 Å². The second-order valence-electron chi connectivity index (χ2n) is 3.19. The van der Waals surface area contributed by atoms with E-state index in [0.717, 1.165) is 31.9 Å². The van der Waals surface area contributed by atoms with E-state index in [-0.39, 0.29) is 0 Å². The van der Waals surface area contributed by atoms with E-state index in [1.54, 1.807) is 13.3 Å². The first-order valence-electron chi connectivity index (χ1n) is 4.72. The van der Waals surface area contributed by atoms with Crippen LogP contribution >= 0.6 is 0 Å². The minimum Gasteiger partial charge on any atom is -0.480 e. The van der Waals surface area contributed by atoms with Crippen molar-refractivity contribution < 1.29 is 4.74 Å². The Morgan fingerprint density at radius 3 is 2.93 bits per heavy atom. The van der Waals surface area contributed by atoms with Crippen LogP contribution < -0.4 is 15.0 Å². The van der Waals surface area contributed by atoms with Crippen molar-refractivity contribution in [3.8, 4) is 5.88 Å². The number of nitrogens with zero attached hydrogens (tertiary/aromatic N) is 3. The van der Waals surface area contributed by atoms with Gasteiger partial charge in [-0.15, -0.1) is 5.10 Å². The summed E-state index contributed by atoms with van der Waals surface area (Å²) in [6.07, 6.45) is 1.77. The molecule has 76 valence electrons. The molecule has 5 heteroatoms. The summed E-state index contributed by atoms with van der Waals surface area (Å²) < 4.78 is 5.03. The molecule has 2 heterocycles. The smallest absolute Gasteiger partial charge is 0.235 e. The lowest BCUT2D eigenvalue weighted by Gasteiger charge is -2.28. The number of hydrogen-bond acceptors (Lipinski definition) is 5. The van der Waals surface area contributed by atoms with Crippen LogP contribution in [0, 0.1) is 0 Å². The molecule has 1 N–H and O–H groups in total. The van der Waals surface area contributed by atoms with Gasteiger partial charge < -0.3 is 15.0 Å². The average molecular weight is 194 g/mol. The second-order valence-corrected chi connectivity index (χ2v) is 3.19. The van der Waals surface area contributed by atoms with Crippen LogP contribution in [0.1, 0.15) is 0 Å². The van der Waals surface area contributed by atoms with E-state index in [9.17, 15) is 0 Å². The van der Waals surface area contributed by atoms with Gasteiger partial charge in [-0.2, -0.15) is 5.10 Å².